The lowest BCUT2D eigenvalue weighted by molar-refractivity contribution is -0.143. The van der Waals surface area contributed by atoms with Gasteiger partial charge in [-0.2, -0.15) is 23.5 Å². The molecular weight excluding hydrogens is 416 g/mol. The maximum absolute atomic E-state index is 12.6. The summed E-state index contributed by atoms with van der Waals surface area (Å²) < 4.78 is 0. The van der Waals surface area contributed by atoms with Crippen LogP contribution < -0.4 is 21.7 Å². The van der Waals surface area contributed by atoms with Crippen LogP contribution >= 0.6 is 23.5 Å². The minimum atomic E-state index is -1.14. The third kappa shape index (κ3) is 10.8. The van der Waals surface area contributed by atoms with Gasteiger partial charge in [0.1, 0.15) is 18.1 Å². The van der Waals surface area contributed by atoms with Gasteiger partial charge in [0.2, 0.25) is 17.7 Å². The standard InChI is InChI=1S/C18H34N4O5S2/c1-10(2)14(18(26)27)22-17(25)13(7-9-29-5)21-15(23)11(3)20-16(24)12(19)6-8-28-4/h10-14H,6-9,19H2,1-5H3,(H,20,24)(H,21,23)(H,22,25)(H,26,27). The van der Waals surface area contributed by atoms with E-state index in [4.69, 9.17) is 5.73 Å². The fraction of sp³-hybridized carbons (Fsp3) is 0.778. The van der Waals surface area contributed by atoms with Gasteiger partial charge in [0.15, 0.2) is 0 Å². The lowest BCUT2D eigenvalue weighted by Gasteiger charge is -2.24. The molecule has 0 saturated carbocycles. The van der Waals surface area contributed by atoms with Gasteiger partial charge in [0.25, 0.3) is 0 Å². The number of carboxylic acid groups (broad SMARTS) is 1. The van der Waals surface area contributed by atoms with Crippen LogP contribution in [0, 0.1) is 5.92 Å². The van der Waals surface area contributed by atoms with Crippen LogP contribution in [-0.2, 0) is 19.2 Å². The van der Waals surface area contributed by atoms with Crippen LogP contribution in [0.5, 0.6) is 0 Å². The van der Waals surface area contributed by atoms with E-state index in [1.165, 1.54) is 18.7 Å². The Morgan fingerprint density at radius 3 is 1.90 bits per heavy atom. The molecule has 0 aromatic carbocycles. The Balaban J connectivity index is 4.98. The van der Waals surface area contributed by atoms with Crippen LogP contribution in [0.3, 0.4) is 0 Å². The Labute approximate surface area is 181 Å². The monoisotopic (exact) mass is 450 g/mol. The fourth-order valence-corrected chi connectivity index (χ4v) is 3.29. The van der Waals surface area contributed by atoms with E-state index in [1.54, 1.807) is 25.6 Å². The van der Waals surface area contributed by atoms with Crippen molar-refractivity contribution in [2.24, 2.45) is 11.7 Å². The topological polar surface area (TPSA) is 151 Å². The molecule has 0 saturated heterocycles. The Hall–Kier alpha value is -1.46. The molecule has 29 heavy (non-hydrogen) atoms. The number of hydrogen-bond donors (Lipinski definition) is 5. The highest BCUT2D eigenvalue weighted by atomic mass is 32.2. The van der Waals surface area contributed by atoms with Gasteiger partial charge in [-0.15, -0.1) is 0 Å². The van der Waals surface area contributed by atoms with E-state index < -0.39 is 47.9 Å². The van der Waals surface area contributed by atoms with Crippen LogP contribution in [0.4, 0.5) is 0 Å². The molecule has 0 aromatic rings. The zero-order valence-corrected chi connectivity index (χ0v) is 19.3. The van der Waals surface area contributed by atoms with E-state index >= 15 is 0 Å². The van der Waals surface area contributed by atoms with Crippen molar-refractivity contribution in [3.63, 3.8) is 0 Å². The summed E-state index contributed by atoms with van der Waals surface area (Å²) >= 11 is 3.07. The van der Waals surface area contributed by atoms with Gasteiger partial charge in [-0.25, -0.2) is 4.79 Å². The van der Waals surface area contributed by atoms with Gasteiger partial charge in [-0.3, -0.25) is 14.4 Å². The average molecular weight is 451 g/mol. The van der Waals surface area contributed by atoms with Crippen LogP contribution in [-0.4, -0.2) is 77.0 Å². The summed E-state index contributed by atoms with van der Waals surface area (Å²) in [4.78, 5) is 48.5. The molecule has 0 aliphatic rings. The zero-order valence-electron chi connectivity index (χ0n) is 17.7. The number of nitrogens with one attached hydrogen (secondary N) is 3. The number of amides is 3. The van der Waals surface area contributed by atoms with Crippen molar-refractivity contribution < 1.29 is 24.3 Å². The van der Waals surface area contributed by atoms with Crippen molar-refractivity contribution in [3.05, 3.63) is 0 Å². The second-order valence-electron chi connectivity index (χ2n) is 7.03. The molecule has 4 atom stereocenters. The van der Waals surface area contributed by atoms with Crippen molar-refractivity contribution in [2.45, 2.75) is 57.8 Å². The molecule has 0 bridgehead atoms. The summed E-state index contributed by atoms with van der Waals surface area (Å²) in [6.07, 6.45) is 4.60. The minimum absolute atomic E-state index is 0.311. The molecule has 9 nitrogen and oxygen atoms in total. The summed E-state index contributed by atoms with van der Waals surface area (Å²) in [5.74, 6) is -1.66. The maximum Gasteiger partial charge on any atom is 0.326 e. The van der Waals surface area contributed by atoms with E-state index in [-0.39, 0.29) is 5.92 Å². The van der Waals surface area contributed by atoms with Crippen molar-refractivity contribution in [3.8, 4) is 0 Å². The summed E-state index contributed by atoms with van der Waals surface area (Å²) in [6.45, 7) is 4.88. The third-order valence-corrected chi connectivity index (χ3v) is 5.48. The van der Waals surface area contributed by atoms with Gasteiger partial charge in [-0.1, -0.05) is 13.8 Å². The predicted molar refractivity (Wildman–Crippen MR) is 118 cm³/mol. The second kappa shape index (κ2) is 14.5. The number of nitrogens with two attached hydrogens (primary N) is 1. The van der Waals surface area contributed by atoms with Gasteiger partial charge in [0, 0.05) is 0 Å². The van der Waals surface area contributed by atoms with E-state index in [2.05, 4.69) is 16.0 Å². The molecule has 0 aliphatic carbocycles. The quantitative estimate of drug-likeness (QED) is 0.249. The number of carbonyl (C=O) groups is 4. The van der Waals surface area contributed by atoms with Crippen molar-refractivity contribution in [1.82, 2.24) is 16.0 Å². The van der Waals surface area contributed by atoms with Gasteiger partial charge in [-0.05, 0) is 49.7 Å². The first kappa shape index (κ1) is 27.5. The second-order valence-corrected chi connectivity index (χ2v) is 9.00. The lowest BCUT2D eigenvalue weighted by atomic mass is 10.0. The smallest absolute Gasteiger partial charge is 0.326 e. The summed E-state index contributed by atoms with van der Waals surface area (Å²) in [6, 6.07) is -3.55. The highest BCUT2D eigenvalue weighted by Crippen LogP contribution is 2.06. The van der Waals surface area contributed by atoms with Crippen molar-refractivity contribution >= 4 is 47.2 Å². The number of carboxylic acids is 1. The molecule has 0 aromatic heterocycles. The highest BCUT2D eigenvalue weighted by Gasteiger charge is 2.29. The summed E-state index contributed by atoms with van der Waals surface area (Å²) in [7, 11) is 0. The molecule has 6 N–H and O–H groups in total. The first-order chi connectivity index (χ1) is 13.5. The van der Waals surface area contributed by atoms with Gasteiger partial charge < -0.3 is 26.8 Å². The fourth-order valence-electron chi connectivity index (χ4n) is 2.33. The molecule has 3 amide bonds. The Morgan fingerprint density at radius 1 is 0.862 bits per heavy atom. The number of carbonyl (C=O) groups excluding carboxylic acids is 3. The molecule has 0 fully saturated rings. The SMILES string of the molecule is CSCCC(N)C(=O)NC(C)C(=O)NC(CCSC)C(=O)NC(C(=O)O)C(C)C. The number of rotatable bonds is 14. The summed E-state index contributed by atoms with van der Waals surface area (Å²) in [5, 5.41) is 16.9. The maximum atomic E-state index is 12.6. The predicted octanol–water partition coefficient (Wildman–Crippen LogP) is 0.0348. The molecule has 0 radical (unpaired) electrons. The Kier molecular flexibility index (Phi) is 13.8. The number of aliphatic carboxylic acids is 1. The van der Waals surface area contributed by atoms with Gasteiger partial charge in [0.05, 0.1) is 6.04 Å². The molecular formula is C18H34N4O5S2. The number of thioether (sulfide) groups is 2. The third-order valence-electron chi connectivity index (χ3n) is 4.20. The Bertz CT molecular complexity index is 562. The normalized spacial score (nSPS) is 15.1. The highest BCUT2D eigenvalue weighted by molar-refractivity contribution is 7.98. The van der Waals surface area contributed by atoms with Crippen LogP contribution in [0.2, 0.25) is 0 Å². The molecule has 0 rings (SSSR count). The molecule has 0 spiro atoms. The first-order valence-electron chi connectivity index (χ1n) is 9.42. The van der Waals surface area contributed by atoms with E-state index in [9.17, 15) is 24.3 Å². The van der Waals surface area contributed by atoms with Gasteiger partial charge >= 0.3 is 5.97 Å². The summed E-state index contributed by atoms with van der Waals surface area (Å²) in [5.41, 5.74) is 5.80. The number of hydrogen-bond acceptors (Lipinski definition) is 7. The lowest BCUT2D eigenvalue weighted by Crippen LogP contribution is -2.57. The zero-order chi connectivity index (χ0) is 22.6. The van der Waals surface area contributed by atoms with E-state index in [0.717, 1.165) is 5.75 Å². The van der Waals surface area contributed by atoms with Crippen molar-refractivity contribution in [2.75, 3.05) is 24.0 Å². The Morgan fingerprint density at radius 2 is 1.41 bits per heavy atom. The van der Waals surface area contributed by atoms with E-state index in [1.807, 2.05) is 12.5 Å². The average Bonchev–Trinajstić information content (AvgIpc) is 2.65. The largest absolute Gasteiger partial charge is 0.480 e. The molecule has 0 heterocycles. The van der Waals surface area contributed by atoms with Crippen LogP contribution in [0.1, 0.15) is 33.6 Å². The minimum Gasteiger partial charge on any atom is -0.480 e. The van der Waals surface area contributed by atoms with Crippen molar-refractivity contribution in [1.29, 1.82) is 0 Å². The molecule has 11 heteroatoms. The molecule has 0 aliphatic heterocycles. The molecule has 4 unspecified atom stereocenters. The van der Waals surface area contributed by atoms with Crippen LogP contribution in [0.15, 0.2) is 0 Å². The first-order valence-corrected chi connectivity index (χ1v) is 12.2. The molecule has 168 valence electrons. The van der Waals surface area contributed by atoms with E-state index in [0.29, 0.717) is 18.6 Å². The van der Waals surface area contributed by atoms with Crippen LogP contribution in [0.25, 0.3) is 0 Å².